The molecule has 122 valence electrons. The lowest BCUT2D eigenvalue weighted by Crippen LogP contribution is -2.27. The van der Waals surface area contributed by atoms with Crippen LogP contribution < -0.4 is 0 Å². The van der Waals surface area contributed by atoms with Crippen molar-refractivity contribution in [3.8, 4) is 0 Å². The number of benzene rings is 2. The van der Waals surface area contributed by atoms with E-state index < -0.39 is 5.79 Å². The van der Waals surface area contributed by atoms with Gasteiger partial charge in [-0.2, -0.15) is 0 Å². The molecule has 1 aliphatic heterocycles. The van der Waals surface area contributed by atoms with Crippen molar-refractivity contribution in [3.63, 3.8) is 0 Å². The van der Waals surface area contributed by atoms with Crippen LogP contribution in [0.2, 0.25) is 0 Å². The standard InChI is InChI=1S/C19H21FO2S/c1-15-5-2-3-6-18(15)23-14-4-11-19(21-12-13-22-19)16-7-9-17(20)10-8-16/h2-3,5-10H,4,11-14H2,1H3. The quantitative estimate of drug-likeness (QED) is 0.553. The molecule has 2 nitrogen and oxygen atoms in total. The van der Waals surface area contributed by atoms with Gasteiger partial charge in [0, 0.05) is 16.9 Å². The third-order valence-electron chi connectivity index (χ3n) is 4.04. The van der Waals surface area contributed by atoms with Crippen LogP contribution in [0.15, 0.2) is 53.4 Å². The lowest BCUT2D eigenvalue weighted by molar-refractivity contribution is -0.170. The predicted molar refractivity (Wildman–Crippen MR) is 91.1 cm³/mol. The summed E-state index contributed by atoms with van der Waals surface area (Å²) >= 11 is 1.86. The molecule has 23 heavy (non-hydrogen) atoms. The Morgan fingerprint density at radius 3 is 2.43 bits per heavy atom. The summed E-state index contributed by atoms with van der Waals surface area (Å²) in [6.45, 7) is 3.30. The second-order valence-electron chi connectivity index (χ2n) is 5.67. The van der Waals surface area contributed by atoms with Gasteiger partial charge in [-0.15, -0.1) is 11.8 Å². The Kier molecular flexibility index (Phi) is 5.36. The Balaban J connectivity index is 1.60. The summed E-state index contributed by atoms with van der Waals surface area (Å²) in [6, 6.07) is 14.9. The van der Waals surface area contributed by atoms with Crippen LogP contribution in [0.4, 0.5) is 4.39 Å². The summed E-state index contributed by atoms with van der Waals surface area (Å²) in [5.41, 5.74) is 2.21. The molecule has 1 heterocycles. The van der Waals surface area contributed by atoms with Crippen LogP contribution in [0.3, 0.4) is 0 Å². The first-order valence-corrected chi connectivity index (χ1v) is 8.91. The summed E-state index contributed by atoms with van der Waals surface area (Å²) in [6.07, 6.45) is 1.74. The molecule has 0 saturated carbocycles. The normalized spacial score (nSPS) is 16.6. The zero-order chi connectivity index (χ0) is 16.1. The molecular formula is C19H21FO2S. The molecule has 0 atom stereocenters. The van der Waals surface area contributed by atoms with Gasteiger partial charge in [0.1, 0.15) is 5.82 Å². The molecule has 0 unspecified atom stereocenters. The number of halogens is 1. The second-order valence-corrected chi connectivity index (χ2v) is 6.81. The van der Waals surface area contributed by atoms with E-state index in [0.717, 1.165) is 24.2 Å². The van der Waals surface area contributed by atoms with Crippen molar-refractivity contribution in [2.75, 3.05) is 19.0 Å². The van der Waals surface area contributed by atoms with E-state index in [1.807, 2.05) is 11.8 Å². The maximum atomic E-state index is 13.1. The van der Waals surface area contributed by atoms with Crippen LogP contribution >= 0.6 is 11.8 Å². The molecule has 1 aliphatic rings. The summed E-state index contributed by atoms with van der Waals surface area (Å²) in [4.78, 5) is 1.32. The molecule has 0 N–H and O–H groups in total. The monoisotopic (exact) mass is 332 g/mol. The molecule has 1 fully saturated rings. The van der Waals surface area contributed by atoms with E-state index in [1.54, 1.807) is 12.1 Å². The van der Waals surface area contributed by atoms with Crippen LogP contribution in [-0.4, -0.2) is 19.0 Å². The van der Waals surface area contributed by atoms with E-state index in [1.165, 1.54) is 22.6 Å². The number of ether oxygens (including phenoxy) is 2. The molecule has 0 amide bonds. The first-order chi connectivity index (χ1) is 11.2. The van der Waals surface area contributed by atoms with Crippen molar-refractivity contribution in [2.45, 2.75) is 30.4 Å². The van der Waals surface area contributed by atoms with Crippen LogP contribution in [0, 0.1) is 12.7 Å². The Labute approximate surface area is 141 Å². The largest absolute Gasteiger partial charge is 0.343 e. The highest BCUT2D eigenvalue weighted by Crippen LogP contribution is 2.37. The van der Waals surface area contributed by atoms with E-state index in [4.69, 9.17) is 9.47 Å². The fourth-order valence-corrected chi connectivity index (χ4v) is 3.80. The van der Waals surface area contributed by atoms with Gasteiger partial charge in [-0.05, 0) is 42.9 Å². The SMILES string of the molecule is Cc1ccccc1SCCCC1(c2ccc(F)cc2)OCCO1. The molecule has 2 aromatic rings. The minimum absolute atomic E-state index is 0.239. The number of aryl methyl sites for hydroxylation is 1. The smallest absolute Gasteiger partial charge is 0.195 e. The van der Waals surface area contributed by atoms with Crippen molar-refractivity contribution < 1.29 is 13.9 Å². The van der Waals surface area contributed by atoms with Gasteiger partial charge in [0.25, 0.3) is 0 Å². The number of rotatable bonds is 6. The maximum Gasteiger partial charge on any atom is 0.195 e. The molecule has 4 heteroatoms. The minimum Gasteiger partial charge on any atom is -0.343 e. The second kappa shape index (κ2) is 7.47. The Bertz CT molecular complexity index is 636. The van der Waals surface area contributed by atoms with Crippen LogP contribution in [0.5, 0.6) is 0 Å². The molecule has 3 rings (SSSR count). The zero-order valence-corrected chi connectivity index (χ0v) is 14.1. The van der Waals surface area contributed by atoms with E-state index in [0.29, 0.717) is 13.2 Å². The Morgan fingerprint density at radius 1 is 1.04 bits per heavy atom. The molecule has 1 saturated heterocycles. The van der Waals surface area contributed by atoms with Gasteiger partial charge in [0.15, 0.2) is 5.79 Å². The molecule has 2 aromatic carbocycles. The van der Waals surface area contributed by atoms with Gasteiger partial charge in [0.05, 0.1) is 13.2 Å². The van der Waals surface area contributed by atoms with Crippen LogP contribution in [0.1, 0.15) is 24.0 Å². The Morgan fingerprint density at radius 2 is 1.74 bits per heavy atom. The highest BCUT2D eigenvalue weighted by Gasteiger charge is 2.37. The van der Waals surface area contributed by atoms with E-state index >= 15 is 0 Å². The molecule has 0 bridgehead atoms. The number of thioether (sulfide) groups is 1. The summed E-state index contributed by atoms with van der Waals surface area (Å²) in [5.74, 6) is 0.0533. The molecule has 0 aliphatic carbocycles. The van der Waals surface area contributed by atoms with Gasteiger partial charge in [-0.3, -0.25) is 0 Å². The van der Waals surface area contributed by atoms with E-state index in [9.17, 15) is 4.39 Å². The average Bonchev–Trinajstić information content (AvgIpc) is 3.04. The van der Waals surface area contributed by atoms with E-state index in [2.05, 4.69) is 31.2 Å². The molecular weight excluding hydrogens is 311 g/mol. The minimum atomic E-state index is -0.708. The average molecular weight is 332 g/mol. The van der Waals surface area contributed by atoms with Crippen molar-refractivity contribution in [1.29, 1.82) is 0 Å². The van der Waals surface area contributed by atoms with Gasteiger partial charge < -0.3 is 9.47 Å². The highest BCUT2D eigenvalue weighted by atomic mass is 32.2. The first kappa shape index (κ1) is 16.5. The van der Waals surface area contributed by atoms with Crippen molar-refractivity contribution in [3.05, 3.63) is 65.5 Å². The third-order valence-corrected chi connectivity index (χ3v) is 5.30. The van der Waals surface area contributed by atoms with Crippen molar-refractivity contribution in [1.82, 2.24) is 0 Å². The highest BCUT2D eigenvalue weighted by molar-refractivity contribution is 7.99. The summed E-state index contributed by atoms with van der Waals surface area (Å²) in [7, 11) is 0. The van der Waals surface area contributed by atoms with Gasteiger partial charge >= 0.3 is 0 Å². The van der Waals surface area contributed by atoms with Crippen molar-refractivity contribution >= 4 is 11.8 Å². The van der Waals surface area contributed by atoms with Gasteiger partial charge in [-0.25, -0.2) is 4.39 Å². The van der Waals surface area contributed by atoms with Gasteiger partial charge in [0.2, 0.25) is 0 Å². The van der Waals surface area contributed by atoms with Crippen molar-refractivity contribution in [2.24, 2.45) is 0 Å². The maximum absolute atomic E-state index is 13.1. The fraction of sp³-hybridized carbons (Fsp3) is 0.368. The van der Waals surface area contributed by atoms with Gasteiger partial charge in [-0.1, -0.05) is 30.3 Å². The van der Waals surface area contributed by atoms with Crippen LogP contribution in [-0.2, 0) is 15.3 Å². The van der Waals surface area contributed by atoms with E-state index in [-0.39, 0.29) is 5.82 Å². The third kappa shape index (κ3) is 3.94. The Hall–Kier alpha value is -1.36. The number of hydrogen-bond donors (Lipinski definition) is 0. The zero-order valence-electron chi connectivity index (χ0n) is 13.3. The summed E-state index contributed by atoms with van der Waals surface area (Å²) < 4.78 is 24.9. The molecule has 0 aromatic heterocycles. The topological polar surface area (TPSA) is 18.5 Å². The van der Waals surface area contributed by atoms with Crippen LogP contribution in [0.25, 0.3) is 0 Å². The predicted octanol–water partition coefficient (Wildman–Crippen LogP) is 4.91. The lowest BCUT2D eigenvalue weighted by atomic mass is 10.0. The summed E-state index contributed by atoms with van der Waals surface area (Å²) in [5, 5.41) is 0. The molecule has 0 radical (unpaired) electrons. The first-order valence-electron chi connectivity index (χ1n) is 7.92. The number of hydrogen-bond acceptors (Lipinski definition) is 3. The molecule has 0 spiro atoms. The fourth-order valence-electron chi connectivity index (χ4n) is 2.82. The lowest BCUT2D eigenvalue weighted by Gasteiger charge is -2.28.